The van der Waals surface area contributed by atoms with Crippen molar-refractivity contribution in [2.75, 3.05) is 64.3 Å². The minimum atomic E-state index is 0.883. The molecule has 2 saturated heterocycles. The number of anilines is 1. The number of nitrogens with one attached hydrogen (secondary N) is 1. The first-order chi connectivity index (χ1) is 12.8. The Kier molecular flexibility index (Phi) is 7.62. The van der Waals surface area contributed by atoms with Crippen LogP contribution in [0.15, 0.2) is 22.5 Å². The lowest BCUT2D eigenvalue weighted by atomic mass is 10.0. The summed E-state index contributed by atoms with van der Waals surface area (Å²) in [6.07, 6.45) is 5.29. The molecule has 0 radical (unpaired) electrons. The molecule has 2 aliphatic rings. The normalized spacial score (nSPS) is 22.7. The van der Waals surface area contributed by atoms with E-state index in [1.807, 2.05) is 18.4 Å². The van der Waals surface area contributed by atoms with Crippen molar-refractivity contribution >= 4 is 22.3 Å². The second-order valence-electron chi connectivity index (χ2n) is 7.65. The minimum Gasteiger partial charge on any atom is -0.360 e. The number of piperidine rings is 1. The summed E-state index contributed by atoms with van der Waals surface area (Å²) in [5.74, 6) is 1.95. The number of thiophene rings is 1. The quantitative estimate of drug-likeness (QED) is 0.470. The fourth-order valence-electron chi connectivity index (χ4n) is 4.07. The molecule has 0 amide bonds. The summed E-state index contributed by atoms with van der Waals surface area (Å²) in [6.45, 7) is 11.5. The molecular formula is C20H35N5S. The molecule has 5 nitrogen and oxygen atoms in total. The van der Waals surface area contributed by atoms with Gasteiger partial charge in [-0.1, -0.05) is 6.92 Å². The van der Waals surface area contributed by atoms with Crippen molar-refractivity contribution in [3.05, 3.63) is 17.5 Å². The predicted octanol–water partition coefficient (Wildman–Crippen LogP) is 2.96. The molecule has 1 aromatic rings. The molecule has 2 fully saturated rings. The second-order valence-corrected chi connectivity index (χ2v) is 8.58. The summed E-state index contributed by atoms with van der Waals surface area (Å²) >= 11 is 1.83. The number of rotatable bonds is 6. The van der Waals surface area contributed by atoms with Crippen molar-refractivity contribution in [3.8, 4) is 0 Å². The lowest BCUT2D eigenvalue weighted by Gasteiger charge is -2.37. The smallest absolute Gasteiger partial charge is 0.193 e. The van der Waals surface area contributed by atoms with E-state index in [4.69, 9.17) is 0 Å². The summed E-state index contributed by atoms with van der Waals surface area (Å²) in [4.78, 5) is 12.0. The highest BCUT2D eigenvalue weighted by atomic mass is 32.1. The van der Waals surface area contributed by atoms with Crippen molar-refractivity contribution in [3.63, 3.8) is 0 Å². The molecule has 0 aliphatic carbocycles. The molecule has 3 rings (SSSR count). The van der Waals surface area contributed by atoms with E-state index in [1.165, 1.54) is 50.3 Å². The number of aliphatic imine (C=N–C) groups is 1. The lowest BCUT2D eigenvalue weighted by Crippen LogP contribution is -2.52. The molecule has 0 aromatic carbocycles. The molecule has 1 unspecified atom stereocenters. The molecule has 1 atom stereocenters. The zero-order chi connectivity index (χ0) is 18.2. The second kappa shape index (κ2) is 10.2. The van der Waals surface area contributed by atoms with Gasteiger partial charge in [-0.3, -0.25) is 4.99 Å². The topological polar surface area (TPSA) is 34.1 Å². The molecule has 2 aliphatic heterocycles. The zero-order valence-electron chi connectivity index (χ0n) is 16.5. The van der Waals surface area contributed by atoms with E-state index in [9.17, 15) is 0 Å². The van der Waals surface area contributed by atoms with Crippen molar-refractivity contribution in [1.29, 1.82) is 0 Å². The van der Waals surface area contributed by atoms with Crippen LogP contribution in [0.25, 0.3) is 0 Å². The van der Waals surface area contributed by atoms with Crippen LogP contribution in [0.3, 0.4) is 0 Å². The first kappa shape index (κ1) is 19.5. The van der Waals surface area contributed by atoms with Gasteiger partial charge >= 0.3 is 0 Å². The maximum absolute atomic E-state index is 4.50. The number of hydrogen-bond donors (Lipinski definition) is 1. The van der Waals surface area contributed by atoms with E-state index in [0.717, 1.165) is 44.6 Å². The van der Waals surface area contributed by atoms with E-state index in [-0.39, 0.29) is 0 Å². The maximum atomic E-state index is 4.50. The third-order valence-electron chi connectivity index (χ3n) is 5.53. The fraction of sp³-hybridized carbons (Fsp3) is 0.750. The van der Waals surface area contributed by atoms with Gasteiger partial charge in [-0.05, 0) is 62.2 Å². The predicted molar refractivity (Wildman–Crippen MR) is 114 cm³/mol. The highest BCUT2D eigenvalue weighted by Gasteiger charge is 2.20. The molecule has 1 aromatic heterocycles. The van der Waals surface area contributed by atoms with Gasteiger partial charge in [0.05, 0.1) is 5.00 Å². The van der Waals surface area contributed by atoms with Crippen molar-refractivity contribution in [2.24, 2.45) is 10.9 Å². The maximum Gasteiger partial charge on any atom is 0.193 e. The largest absolute Gasteiger partial charge is 0.360 e. The van der Waals surface area contributed by atoms with Gasteiger partial charge in [0.1, 0.15) is 0 Å². The Hall–Kier alpha value is -1.27. The Morgan fingerprint density at radius 2 is 2.08 bits per heavy atom. The summed E-state index contributed by atoms with van der Waals surface area (Å²) in [5.41, 5.74) is 0. The molecule has 6 heteroatoms. The Morgan fingerprint density at radius 3 is 2.77 bits per heavy atom. The molecule has 3 heterocycles. The zero-order valence-corrected chi connectivity index (χ0v) is 17.3. The van der Waals surface area contributed by atoms with Crippen LogP contribution in [-0.2, 0) is 0 Å². The molecule has 0 saturated carbocycles. The molecule has 146 valence electrons. The molecule has 26 heavy (non-hydrogen) atoms. The minimum absolute atomic E-state index is 0.883. The van der Waals surface area contributed by atoms with Gasteiger partial charge in [-0.25, -0.2) is 0 Å². The van der Waals surface area contributed by atoms with Crippen LogP contribution in [-0.4, -0.2) is 75.2 Å². The van der Waals surface area contributed by atoms with E-state index in [2.05, 4.69) is 49.4 Å². The van der Waals surface area contributed by atoms with E-state index < -0.39 is 0 Å². The first-order valence-corrected chi connectivity index (χ1v) is 11.1. The number of unbranched alkanes of at least 4 members (excludes halogenated alkanes) is 1. The van der Waals surface area contributed by atoms with Crippen LogP contribution < -0.4 is 10.2 Å². The summed E-state index contributed by atoms with van der Waals surface area (Å²) in [6, 6.07) is 4.36. The Bertz CT molecular complexity index is 536. The average molecular weight is 378 g/mol. The van der Waals surface area contributed by atoms with Gasteiger partial charge in [0.25, 0.3) is 0 Å². The molecule has 0 bridgehead atoms. The SMILES string of the molecule is CN=C(NCCCCN1CCCC(C)C1)N1CCN(c2cccs2)CC1. The van der Waals surface area contributed by atoms with Gasteiger partial charge in [-0.15, -0.1) is 11.3 Å². The van der Waals surface area contributed by atoms with E-state index >= 15 is 0 Å². The van der Waals surface area contributed by atoms with Crippen LogP contribution in [0.4, 0.5) is 5.00 Å². The molecule has 0 spiro atoms. The Balaban J connectivity index is 1.31. The number of nitrogens with zero attached hydrogens (tertiary/aromatic N) is 4. The number of hydrogen-bond acceptors (Lipinski definition) is 4. The van der Waals surface area contributed by atoms with E-state index in [0.29, 0.717) is 0 Å². The molecule has 1 N–H and O–H groups in total. The summed E-state index contributed by atoms with van der Waals surface area (Å²) in [7, 11) is 1.91. The highest BCUT2D eigenvalue weighted by molar-refractivity contribution is 7.14. The monoisotopic (exact) mass is 377 g/mol. The van der Waals surface area contributed by atoms with Crippen LogP contribution in [0.2, 0.25) is 0 Å². The Labute approximate surface area is 163 Å². The van der Waals surface area contributed by atoms with Gasteiger partial charge in [0.2, 0.25) is 0 Å². The van der Waals surface area contributed by atoms with Crippen molar-refractivity contribution in [2.45, 2.75) is 32.6 Å². The summed E-state index contributed by atoms with van der Waals surface area (Å²) < 4.78 is 0. The van der Waals surface area contributed by atoms with Crippen molar-refractivity contribution < 1.29 is 0 Å². The number of piperazine rings is 1. The average Bonchev–Trinajstić information content (AvgIpc) is 3.20. The van der Waals surface area contributed by atoms with Crippen molar-refractivity contribution in [1.82, 2.24) is 15.1 Å². The first-order valence-electron chi connectivity index (χ1n) is 10.2. The van der Waals surface area contributed by atoms with E-state index in [1.54, 1.807) is 0 Å². The van der Waals surface area contributed by atoms with Gasteiger partial charge in [0.15, 0.2) is 5.96 Å². The third-order valence-corrected chi connectivity index (χ3v) is 6.46. The third kappa shape index (κ3) is 5.61. The fourth-order valence-corrected chi connectivity index (χ4v) is 4.86. The van der Waals surface area contributed by atoms with Crippen LogP contribution in [0, 0.1) is 5.92 Å². The van der Waals surface area contributed by atoms with Crippen LogP contribution >= 0.6 is 11.3 Å². The van der Waals surface area contributed by atoms with Crippen LogP contribution in [0.5, 0.6) is 0 Å². The Morgan fingerprint density at radius 1 is 1.23 bits per heavy atom. The number of likely N-dealkylation sites (tertiary alicyclic amines) is 1. The number of guanidine groups is 1. The standard InChI is InChI=1S/C20H35N5S/c1-18-7-5-11-23(17-18)10-4-3-9-22-20(21-2)25-14-12-24(13-15-25)19-8-6-16-26-19/h6,8,16,18H,3-5,7,9-15,17H2,1-2H3,(H,21,22). The van der Waals surface area contributed by atoms with Gasteiger partial charge in [-0.2, -0.15) is 0 Å². The lowest BCUT2D eigenvalue weighted by molar-refractivity contribution is 0.181. The van der Waals surface area contributed by atoms with Gasteiger partial charge < -0.3 is 20.0 Å². The van der Waals surface area contributed by atoms with Gasteiger partial charge in [0, 0.05) is 46.3 Å². The highest BCUT2D eigenvalue weighted by Crippen LogP contribution is 2.22. The molecular weight excluding hydrogens is 342 g/mol. The van der Waals surface area contributed by atoms with Crippen LogP contribution in [0.1, 0.15) is 32.6 Å². The summed E-state index contributed by atoms with van der Waals surface area (Å²) in [5, 5.41) is 7.12.